The number of sulfonamides is 1. The number of aromatic nitrogens is 3. The third kappa shape index (κ3) is 4.53. The van der Waals surface area contributed by atoms with E-state index in [2.05, 4.69) is 14.8 Å². The largest absolute Gasteiger partial charge is 0.408 e. The highest BCUT2D eigenvalue weighted by Gasteiger charge is 2.29. The molecule has 0 atom stereocenters. The van der Waals surface area contributed by atoms with Gasteiger partial charge in [-0.2, -0.15) is 18.3 Å². The van der Waals surface area contributed by atoms with Gasteiger partial charge in [0.05, 0.1) is 6.20 Å². The molecule has 10 heteroatoms. The minimum absolute atomic E-state index is 0.0133. The first-order chi connectivity index (χ1) is 9.76. The van der Waals surface area contributed by atoms with Gasteiger partial charge in [-0.15, -0.1) is 0 Å². The number of nitrogens with zero attached hydrogens (tertiary/aromatic N) is 3. The molecule has 2 aromatic rings. The van der Waals surface area contributed by atoms with E-state index in [0.717, 1.165) is 12.4 Å². The Labute approximate surface area is 118 Å². The van der Waals surface area contributed by atoms with E-state index in [1.807, 2.05) is 0 Å². The van der Waals surface area contributed by atoms with Gasteiger partial charge in [-0.25, -0.2) is 13.1 Å². The Morgan fingerprint density at radius 1 is 1.29 bits per heavy atom. The zero-order chi connectivity index (χ0) is 15.5. The highest BCUT2D eigenvalue weighted by atomic mass is 32.2. The summed E-state index contributed by atoms with van der Waals surface area (Å²) in [5, 5.41) is 3.39. The summed E-state index contributed by atoms with van der Waals surface area (Å²) >= 11 is 0. The van der Waals surface area contributed by atoms with Crippen LogP contribution in [0.2, 0.25) is 0 Å². The van der Waals surface area contributed by atoms with Gasteiger partial charge in [0, 0.05) is 25.1 Å². The molecule has 0 saturated carbocycles. The molecule has 0 spiro atoms. The summed E-state index contributed by atoms with van der Waals surface area (Å²) in [5.74, 6) is 0. The van der Waals surface area contributed by atoms with Crippen LogP contribution < -0.4 is 4.72 Å². The van der Waals surface area contributed by atoms with Crippen LogP contribution in [0.25, 0.3) is 0 Å². The molecule has 0 saturated heterocycles. The molecule has 0 bridgehead atoms. The Bertz CT molecular complexity index is 698. The highest BCUT2D eigenvalue weighted by Crippen LogP contribution is 2.18. The van der Waals surface area contributed by atoms with Crippen LogP contribution in [0.1, 0.15) is 5.56 Å². The van der Waals surface area contributed by atoms with Crippen molar-refractivity contribution in [1.29, 1.82) is 0 Å². The second kappa shape index (κ2) is 5.82. The van der Waals surface area contributed by atoms with Crippen molar-refractivity contribution in [2.24, 2.45) is 0 Å². The molecule has 0 aliphatic rings. The summed E-state index contributed by atoms with van der Waals surface area (Å²) in [6.45, 7) is -1.36. The fraction of sp³-hybridized carbons (Fsp3) is 0.273. The maximum absolute atomic E-state index is 12.2. The van der Waals surface area contributed by atoms with Gasteiger partial charge in [-0.3, -0.25) is 9.67 Å². The summed E-state index contributed by atoms with van der Waals surface area (Å²) < 4.78 is 63.2. The van der Waals surface area contributed by atoms with E-state index < -0.39 is 22.7 Å². The van der Waals surface area contributed by atoms with E-state index in [0.29, 0.717) is 10.2 Å². The Kier molecular flexibility index (Phi) is 4.28. The van der Waals surface area contributed by atoms with Gasteiger partial charge >= 0.3 is 6.18 Å². The van der Waals surface area contributed by atoms with E-state index in [4.69, 9.17) is 0 Å². The van der Waals surface area contributed by atoms with E-state index in [1.54, 1.807) is 18.3 Å². The first kappa shape index (κ1) is 15.4. The quantitative estimate of drug-likeness (QED) is 0.901. The van der Waals surface area contributed by atoms with Crippen molar-refractivity contribution in [2.45, 2.75) is 24.2 Å². The lowest BCUT2D eigenvalue weighted by atomic mass is 10.3. The van der Waals surface area contributed by atoms with Crippen molar-refractivity contribution in [3.63, 3.8) is 0 Å². The monoisotopic (exact) mass is 320 g/mol. The Morgan fingerprint density at radius 2 is 2.05 bits per heavy atom. The summed E-state index contributed by atoms with van der Waals surface area (Å²) in [4.78, 5) is 3.50. The molecule has 0 aromatic carbocycles. The Morgan fingerprint density at radius 3 is 2.67 bits per heavy atom. The number of hydrogen-bond acceptors (Lipinski definition) is 4. The molecule has 0 aliphatic carbocycles. The van der Waals surface area contributed by atoms with Crippen molar-refractivity contribution in [3.8, 4) is 0 Å². The predicted molar refractivity (Wildman–Crippen MR) is 66.5 cm³/mol. The maximum atomic E-state index is 12.2. The first-order valence-electron chi connectivity index (χ1n) is 5.74. The second-order valence-electron chi connectivity index (χ2n) is 4.17. The fourth-order valence-corrected chi connectivity index (χ4v) is 2.49. The highest BCUT2D eigenvalue weighted by molar-refractivity contribution is 7.89. The summed E-state index contributed by atoms with van der Waals surface area (Å²) in [7, 11) is -3.92. The van der Waals surface area contributed by atoms with Gasteiger partial charge in [-0.1, -0.05) is 6.07 Å². The molecule has 2 heterocycles. The smallest absolute Gasteiger partial charge is 0.264 e. The van der Waals surface area contributed by atoms with Gasteiger partial charge < -0.3 is 0 Å². The predicted octanol–water partition coefficient (Wildman–Crippen LogP) is 1.32. The van der Waals surface area contributed by atoms with Crippen LogP contribution in [-0.2, 0) is 23.1 Å². The van der Waals surface area contributed by atoms with Crippen molar-refractivity contribution in [2.75, 3.05) is 0 Å². The van der Waals surface area contributed by atoms with Crippen LogP contribution in [0, 0.1) is 0 Å². The van der Waals surface area contributed by atoms with E-state index >= 15 is 0 Å². The molecule has 21 heavy (non-hydrogen) atoms. The Balaban J connectivity index is 2.06. The number of rotatable bonds is 5. The van der Waals surface area contributed by atoms with E-state index in [1.165, 1.54) is 6.20 Å². The average Bonchev–Trinajstić information content (AvgIpc) is 2.85. The molecule has 0 aliphatic heterocycles. The lowest BCUT2D eigenvalue weighted by molar-refractivity contribution is -0.142. The average molecular weight is 320 g/mol. The van der Waals surface area contributed by atoms with Gasteiger partial charge in [-0.05, 0) is 11.6 Å². The topological polar surface area (TPSA) is 76.9 Å². The van der Waals surface area contributed by atoms with Gasteiger partial charge in [0.15, 0.2) is 0 Å². The normalized spacial score (nSPS) is 12.5. The zero-order valence-electron chi connectivity index (χ0n) is 10.6. The molecular formula is C11H11F3N4O2S. The van der Waals surface area contributed by atoms with Crippen LogP contribution in [0.3, 0.4) is 0 Å². The second-order valence-corrected chi connectivity index (χ2v) is 5.94. The number of pyridine rings is 1. The summed E-state index contributed by atoms with van der Waals surface area (Å²) in [5.41, 5.74) is 0.628. The zero-order valence-corrected chi connectivity index (χ0v) is 11.4. The van der Waals surface area contributed by atoms with Crippen LogP contribution in [0.4, 0.5) is 13.2 Å². The van der Waals surface area contributed by atoms with Crippen molar-refractivity contribution >= 4 is 10.0 Å². The number of alkyl halides is 3. The van der Waals surface area contributed by atoms with E-state index in [9.17, 15) is 21.6 Å². The van der Waals surface area contributed by atoms with Crippen LogP contribution in [-0.4, -0.2) is 29.4 Å². The molecular weight excluding hydrogens is 309 g/mol. The lowest BCUT2D eigenvalue weighted by Gasteiger charge is -2.06. The molecule has 0 amide bonds. The lowest BCUT2D eigenvalue weighted by Crippen LogP contribution is -2.23. The van der Waals surface area contributed by atoms with Crippen LogP contribution >= 0.6 is 0 Å². The van der Waals surface area contributed by atoms with Gasteiger partial charge in [0.25, 0.3) is 0 Å². The van der Waals surface area contributed by atoms with Gasteiger partial charge in [0.2, 0.25) is 10.0 Å². The summed E-state index contributed by atoms with van der Waals surface area (Å²) in [6.07, 6.45) is 0.265. The molecule has 0 unspecified atom stereocenters. The maximum Gasteiger partial charge on any atom is 0.408 e. The number of halogens is 3. The molecule has 0 fully saturated rings. The first-order valence-corrected chi connectivity index (χ1v) is 7.22. The standard InChI is InChI=1S/C11H11F3N4O2S/c12-11(13,14)8-18-7-10(6-16-18)21(19,20)17-5-9-2-1-3-15-4-9/h1-4,6-7,17H,5,8H2. The van der Waals surface area contributed by atoms with Crippen molar-refractivity contribution in [3.05, 3.63) is 42.5 Å². The minimum Gasteiger partial charge on any atom is -0.264 e. The van der Waals surface area contributed by atoms with Crippen molar-refractivity contribution in [1.82, 2.24) is 19.5 Å². The molecule has 6 nitrogen and oxygen atoms in total. The SMILES string of the molecule is O=S(=O)(NCc1cccnc1)c1cnn(CC(F)(F)F)c1. The van der Waals surface area contributed by atoms with Crippen LogP contribution in [0.5, 0.6) is 0 Å². The summed E-state index contributed by atoms with van der Waals surface area (Å²) in [6, 6.07) is 3.31. The molecule has 2 aromatic heterocycles. The van der Waals surface area contributed by atoms with Gasteiger partial charge in [0.1, 0.15) is 11.4 Å². The minimum atomic E-state index is -4.46. The third-order valence-electron chi connectivity index (χ3n) is 2.45. The molecule has 0 radical (unpaired) electrons. The molecule has 1 N–H and O–H groups in total. The Hall–Kier alpha value is -1.94. The molecule has 2 rings (SSSR count). The third-order valence-corrected chi connectivity index (χ3v) is 3.81. The van der Waals surface area contributed by atoms with Crippen LogP contribution in [0.15, 0.2) is 41.8 Å². The fourth-order valence-electron chi connectivity index (χ4n) is 1.52. The van der Waals surface area contributed by atoms with Crippen molar-refractivity contribution < 1.29 is 21.6 Å². The number of nitrogens with one attached hydrogen (secondary N) is 1. The number of hydrogen-bond donors (Lipinski definition) is 1. The molecule has 114 valence electrons. The van der Waals surface area contributed by atoms with E-state index in [-0.39, 0.29) is 11.4 Å².